The Morgan fingerprint density at radius 3 is 0.500 bits per heavy atom. The van der Waals surface area contributed by atoms with Crippen LogP contribution in [0, 0.1) is 6.15 Å². The van der Waals surface area contributed by atoms with Gasteiger partial charge in [-0.2, -0.15) is 0 Å². The molecule has 0 aromatic rings. The Balaban J connectivity index is 0. The quantitative estimate of drug-likeness (QED) is 0.444. The Morgan fingerprint density at radius 1 is 0.500 bits per heavy atom. The first kappa shape index (κ1) is 112. The van der Waals surface area contributed by atoms with Crippen LogP contribution < -0.4 is 0 Å². The second-order valence-corrected chi connectivity index (χ2v) is 0. The monoisotopic (exact) mass is 112 g/mol. The van der Waals surface area contributed by atoms with Crippen LogP contribution in [0.4, 0.5) is 0 Å². The third-order valence-corrected chi connectivity index (χ3v) is 0. The molecule has 4 heteroatoms. The van der Waals surface area contributed by atoms with E-state index >= 15 is 0 Å². The van der Waals surface area contributed by atoms with Crippen molar-refractivity contribution in [2.24, 2.45) is 0 Å². The smallest absolute Gasteiger partial charge is 0 e. The third kappa shape index (κ3) is 14.5. The minimum absolute atomic E-state index is 0. The van der Waals surface area contributed by atoms with Crippen molar-refractivity contribution in [2.45, 2.75) is 0 Å². The first-order chi connectivity index (χ1) is 0. The minimum atomic E-state index is 0. The normalized spacial score (nSPS) is 0. The summed E-state index contributed by atoms with van der Waals surface area (Å²) in [5.41, 5.74) is 0. The van der Waals surface area contributed by atoms with Crippen molar-refractivity contribution in [3.8, 4) is 0 Å². The van der Waals surface area contributed by atoms with Crippen molar-refractivity contribution in [1.29, 1.82) is 0 Å². The molecule has 0 rings (SSSR count). The first-order valence-corrected chi connectivity index (χ1v) is 0. The second-order valence-electron chi connectivity index (χ2n) is 0. The zero-order valence-corrected chi connectivity index (χ0v) is 4.38. The Morgan fingerprint density at radius 2 is 0.500 bits per heavy atom. The summed E-state index contributed by atoms with van der Waals surface area (Å²) in [5.74, 6) is 0. The Labute approximate surface area is 44.0 Å². The fourth-order valence-corrected chi connectivity index (χ4v) is 0. The molecule has 0 fully saturated rings. The van der Waals surface area contributed by atoms with Crippen molar-refractivity contribution < 1.29 is 6.15 Å². The van der Waals surface area contributed by atoms with E-state index in [1.54, 1.807) is 0 Å². The van der Waals surface area contributed by atoms with Gasteiger partial charge in [0.15, 0.2) is 0 Å². The summed E-state index contributed by atoms with van der Waals surface area (Å²) in [6, 6.07) is 0. The van der Waals surface area contributed by atoms with Crippen molar-refractivity contribution in [2.75, 3.05) is 0 Å². The van der Waals surface area contributed by atoms with Crippen LogP contribution in [0.1, 0.15) is 0 Å². The molecule has 26 valence electrons. The van der Waals surface area contributed by atoms with Gasteiger partial charge in [-0.3, -0.25) is 0 Å². The molecule has 0 radical (unpaired) electrons. The Kier molecular flexibility index (Phi) is 1350. The van der Waals surface area contributed by atoms with E-state index in [4.69, 9.17) is 0 Å². The van der Waals surface area contributed by atoms with Gasteiger partial charge in [0.1, 0.15) is 0 Å². The number of hydrogen-bond donors (Lipinski definition) is 0. The zero-order chi connectivity index (χ0) is 0. The maximum Gasteiger partial charge on any atom is 0 e. The SMILES string of the molecule is Cl.Cl.Cl.[He]. The van der Waals surface area contributed by atoms with Gasteiger partial charge in [0.2, 0.25) is 0 Å². The van der Waals surface area contributed by atoms with E-state index in [0.717, 1.165) is 0 Å². The molecule has 0 saturated carbocycles. The molecule has 0 aromatic heterocycles. The van der Waals surface area contributed by atoms with Crippen LogP contribution >= 0.6 is 37.2 Å². The van der Waals surface area contributed by atoms with E-state index < -0.39 is 0 Å². The van der Waals surface area contributed by atoms with E-state index in [9.17, 15) is 0 Å². The summed E-state index contributed by atoms with van der Waals surface area (Å²) in [6.07, 6.45) is 0. The molecule has 0 amide bonds. The van der Waals surface area contributed by atoms with Crippen LogP contribution in [0.3, 0.4) is 0 Å². The van der Waals surface area contributed by atoms with Crippen molar-refractivity contribution in [3.63, 3.8) is 0 Å². The molecule has 0 unspecified atom stereocenters. The zero-order valence-electron chi connectivity index (χ0n) is 1.93. The summed E-state index contributed by atoms with van der Waals surface area (Å²) in [5, 5.41) is 0. The number of hydrogen-bond acceptors (Lipinski definition) is 0. The average molecular weight is 113 g/mol. The van der Waals surface area contributed by atoms with Crippen molar-refractivity contribution in [1.82, 2.24) is 0 Å². The molecule has 0 spiro atoms. The molecule has 0 aliphatic rings. The molecule has 0 aliphatic carbocycles. The molecular weight excluding hydrogens is 110 g/mol. The van der Waals surface area contributed by atoms with Gasteiger partial charge in [0.05, 0.1) is 0 Å². The van der Waals surface area contributed by atoms with Gasteiger partial charge in [0.25, 0.3) is 0 Å². The van der Waals surface area contributed by atoms with Crippen LogP contribution in [0.5, 0.6) is 0 Å². The summed E-state index contributed by atoms with van der Waals surface area (Å²) in [7, 11) is 0. The maximum atomic E-state index is 0. The molecule has 0 aromatic carbocycles. The average Bonchev–Trinajstić information content (AvgIpc) is 0. The molecule has 0 aliphatic heterocycles. The molecule has 0 N–H and O–H groups in total. The largest absolute Gasteiger partial charge is 0.147 e. The number of halogens is 3. The number of rotatable bonds is 0. The second kappa shape index (κ2) is 48.1. The summed E-state index contributed by atoms with van der Waals surface area (Å²) in [4.78, 5) is 0. The van der Waals surface area contributed by atoms with Gasteiger partial charge in [0, 0.05) is 6.15 Å². The van der Waals surface area contributed by atoms with Gasteiger partial charge < -0.3 is 0 Å². The molecule has 0 nitrogen and oxygen atoms in total. The van der Waals surface area contributed by atoms with E-state index in [-0.39, 0.29) is 43.4 Å². The molecular formula is H3Cl3He. The van der Waals surface area contributed by atoms with Crippen LogP contribution in [0.25, 0.3) is 0 Å². The van der Waals surface area contributed by atoms with Crippen LogP contribution in [-0.4, -0.2) is 0 Å². The van der Waals surface area contributed by atoms with Crippen LogP contribution in [0.2, 0.25) is 0 Å². The van der Waals surface area contributed by atoms with E-state index in [2.05, 4.69) is 0 Å². The first-order valence-electron chi connectivity index (χ1n) is 0. The van der Waals surface area contributed by atoms with E-state index in [1.165, 1.54) is 0 Å². The summed E-state index contributed by atoms with van der Waals surface area (Å²) < 4.78 is 0. The summed E-state index contributed by atoms with van der Waals surface area (Å²) in [6.45, 7) is 0. The Bertz CT molecular complexity index is 3.25. The van der Waals surface area contributed by atoms with Gasteiger partial charge in [-0.15, -0.1) is 37.2 Å². The maximum absolute atomic E-state index is 0. The molecule has 0 saturated heterocycles. The molecule has 4 heavy (non-hydrogen) atoms. The van der Waals surface area contributed by atoms with Gasteiger partial charge in [-0.05, 0) is 0 Å². The van der Waals surface area contributed by atoms with Crippen molar-refractivity contribution in [3.05, 3.63) is 0 Å². The van der Waals surface area contributed by atoms with Gasteiger partial charge in [-0.1, -0.05) is 0 Å². The summed E-state index contributed by atoms with van der Waals surface area (Å²) >= 11 is 0. The van der Waals surface area contributed by atoms with Gasteiger partial charge >= 0.3 is 0 Å². The fourth-order valence-electron chi connectivity index (χ4n) is 0. The molecule has 0 atom stereocenters. The van der Waals surface area contributed by atoms with Crippen LogP contribution in [-0.2, 0) is 0 Å². The third-order valence-electron chi connectivity index (χ3n) is 0. The molecule has 0 heterocycles. The van der Waals surface area contributed by atoms with Crippen LogP contribution in [0.15, 0.2) is 0 Å². The predicted molar refractivity (Wildman–Crippen MR) is 21.7 cm³/mol. The van der Waals surface area contributed by atoms with E-state index in [0.29, 0.717) is 0 Å². The van der Waals surface area contributed by atoms with Gasteiger partial charge in [-0.25, -0.2) is 0 Å². The van der Waals surface area contributed by atoms with Crippen molar-refractivity contribution >= 4 is 37.2 Å². The minimum Gasteiger partial charge on any atom is -0.147 e. The molecule has 0 bridgehead atoms. The van der Waals surface area contributed by atoms with E-state index in [1.807, 2.05) is 0 Å². The predicted octanol–water partition coefficient (Wildman–Crippen LogP) is 1.27. The topological polar surface area (TPSA) is 0 Å². The standard InChI is InChI=1S/3ClH.He/h3*1H;. The fraction of sp³-hybridized carbons (Fsp3) is 0. The Hall–Kier alpha value is 0.779.